The van der Waals surface area contributed by atoms with Gasteiger partial charge in [0.05, 0.1) is 4.91 Å². The highest BCUT2D eigenvalue weighted by molar-refractivity contribution is 8.26. The zero-order valence-electron chi connectivity index (χ0n) is 8.52. The van der Waals surface area contributed by atoms with E-state index >= 15 is 0 Å². The highest BCUT2D eigenvalue weighted by atomic mass is 32.2. The summed E-state index contributed by atoms with van der Waals surface area (Å²) in [6.07, 6.45) is 3.95. The number of thioether (sulfide) groups is 1. The third kappa shape index (κ3) is 2.61. The van der Waals surface area contributed by atoms with Crippen molar-refractivity contribution in [3.8, 4) is 0 Å². The Bertz CT molecular complexity index is 485. The standard InChI is InChI=1S/C11H9NOS3/c1-7(4-5-8-3-2-6-15-8)9-10(13)12-11(14)16-9/h2-6H,1H3,(H,12,13,14). The lowest BCUT2D eigenvalue weighted by Gasteiger charge is -1.95. The molecule has 0 unspecified atom stereocenters. The number of hydrogen-bond donors (Lipinski definition) is 1. The van der Waals surface area contributed by atoms with Crippen LogP contribution in [0, 0.1) is 0 Å². The van der Waals surface area contributed by atoms with Crippen molar-refractivity contribution >= 4 is 51.6 Å². The van der Waals surface area contributed by atoms with Gasteiger partial charge in [-0.05, 0) is 30.0 Å². The minimum absolute atomic E-state index is 0.0941. The van der Waals surface area contributed by atoms with Gasteiger partial charge in [0.1, 0.15) is 4.32 Å². The molecule has 2 heterocycles. The van der Waals surface area contributed by atoms with Gasteiger partial charge in [-0.1, -0.05) is 36.1 Å². The van der Waals surface area contributed by atoms with Crippen molar-refractivity contribution in [2.24, 2.45) is 0 Å². The van der Waals surface area contributed by atoms with Crippen molar-refractivity contribution in [1.82, 2.24) is 5.32 Å². The highest BCUT2D eigenvalue weighted by Gasteiger charge is 2.23. The van der Waals surface area contributed by atoms with Gasteiger partial charge in [0.15, 0.2) is 0 Å². The van der Waals surface area contributed by atoms with Crippen molar-refractivity contribution < 1.29 is 4.79 Å². The van der Waals surface area contributed by atoms with E-state index in [1.807, 2.05) is 36.6 Å². The molecule has 2 rings (SSSR count). The molecule has 1 aliphatic heterocycles. The first-order chi connectivity index (χ1) is 7.66. The van der Waals surface area contributed by atoms with Gasteiger partial charge in [-0.2, -0.15) is 0 Å². The summed E-state index contributed by atoms with van der Waals surface area (Å²) < 4.78 is 0.531. The Kier molecular flexibility index (Phi) is 3.58. The quantitative estimate of drug-likeness (QED) is 0.659. The Labute approximate surface area is 107 Å². The summed E-state index contributed by atoms with van der Waals surface area (Å²) in [5.74, 6) is -0.0941. The predicted octanol–water partition coefficient (Wildman–Crippen LogP) is 3.18. The van der Waals surface area contributed by atoms with Crippen molar-refractivity contribution in [1.29, 1.82) is 0 Å². The minimum atomic E-state index is -0.0941. The second-order valence-electron chi connectivity index (χ2n) is 3.20. The zero-order chi connectivity index (χ0) is 11.5. The molecule has 1 fully saturated rings. The van der Waals surface area contributed by atoms with Gasteiger partial charge in [0.2, 0.25) is 0 Å². The van der Waals surface area contributed by atoms with E-state index in [2.05, 4.69) is 5.32 Å². The summed E-state index contributed by atoms with van der Waals surface area (Å²) in [6.45, 7) is 1.92. The summed E-state index contributed by atoms with van der Waals surface area (Å²) in [5.41, 5.74) is 0.941. The lowest BCUT2D eigenvalue weighted by Crippen LogP contribution is -2.18. The van der Waals surface area contributed by atoms with E-state index in [9.17, 15) is 4.79 Å². The van der Waals surface area contributed by atoms with Crippen LogP contribution in [-0.4, -0.2) is 10.2 Å². The van der Waals surface area contributed by atoms with Gasteiger partial charge in [0.25, 0.3) is 5.91 Å². The van der Waals surface area contributed by atoms with Crippen LogP contribution in [-0.2, 0) is 4.79 Å². The molecule has 0 spiro atoms. The summed E-state index contributed by atoms with van der Waals surface area (Å²) >= 11 is 7.92. The number of rotatable bonds is 2. The molecule has 1 aromatic heterocycles. The summed E-state index contributed by atoms with van der Waals surface area (Å²) in [6, 6.07) is 4.03. The molecule has 0 aromatic carbocycles. The fourth-order valence-corrected chi connectivity index (χ4v) is 2.91. The zero-order valence-corrected chi connectivity index (χ0v) is 11.0. The smallest absolute Gasteiger partial charge is 0.263 e. The largest absolute Gasteiger partial charge is 0.307 e. The molecule has 0 atom stereocenters. The molecule has 0 radical (unpaired) electrons. The molecule has 16 heavy (non-hydrogen) atoms. The molecule has 1 amide bonds. The minimum Gasteiger partial charge on any atom is -0.307 e. The molecule has 2 nitrogen and oxygen atoms in total. The van der Waals surface area contributed by atoms with Crippen LogP contribution in [0.2, 0.25) is 0 Å². The predicted molar refractivity (Wildman–Crippen MR) is 74.4 cm³/mol. The maximum absolute atomic E-state index is 11.5. The lowest BCUT2D eigenvalue weighted by atomic mass is 10.2. The average Bonchev–Trinajstić information content (AvgIpc) is 2.84. The molecule has 1 N–H and O–H groups in total. The van der Waals surface area contributed by atoms with Crippen molar-refractivity contribution in [3.05, 3.63) is 38.9 Å². The van der Waals surface area contributed by atoms with E-state index in [0.717, 1.165) is 5.57 Å². The summed E-state index contributed by atoms with van der Waals surface area (Å²) in [4.78, 5) is 13.3. The second kappa shape index (κ2) is 4.95. The molecule has 1 aliphatic rings. The van der Waals surface area contributed by atoms with Crippen LogP contribution < -0.4 is 5.32 Å². The molecule has 1 aromatic rings. The third-order valence-electron chi connectivity index (χ3n) is 2.02. The van der Waals surface area contributed by atoms with Gasteiger partial charge < -0.3 is 5.32 Å². The van der Waals surface area contributed by atoms with Crippen LogP contribution in [0.3, 0.4) is 0 Å². The molecule has 5 heteroatoms. The van der Waals surface area contributed by atoms with Crippen molar-refractivity contribution in [3.63, 3.8) is 0 Å². The van der Waals surface area contributed by atoms with Crippen LogP contribution in [0.1, 0.15) is 11.8 Å². The molecule has 0 saturated carbocycles. The van der Waals surface area contributed by atoms with Crippen LogP contribution in [0.15, 0.2) is 34.1 Å². The van der Waals surface area contributed by atoms with Gasteiger partial charge in [0, 0.05) is 4.88 Å². The normalized spacial score (nSPS) is 19.3. The number of nitrogens with one attached hydrogen (secondary N) is 1. The summed E-state index contributed by atoms with van der Waals surface area (Å²) in [7, 11) is 0. The van der Waals surface area contributed by atoms with Crippen LogP contribution in [0.5, 0.6) is 0 Å². The Balaban J connectivity index is 2.19. The Morgan fingerprint density at radius 2 is 2.38 bits per heavy atom. The Hall–Kier alpha value is -0.910. The van der Waals surface area contributed by atoms with E-state index in [4.69, 9.17) is 12.2 Å². The van der Waals surface area contributed by atoms with Crippen LogP contribution >= 0.6 is 35.3 Å². The third-order valence-corrected chi connectivity index (χ3v) is 4.20. The first-order valence-corrected chi connectivity index (χ1v) is 6.73. The van der Waals surface area contributed by atoms with Crippen molar-refractivity contribution in [2.75, 3.05) is 0 Å². The van der Waals surface area contributed by atoms with Crippen molar-refractivity contribution in [2.45, 2.75) is 6.92 Å². The second-order valence-corrected chi connectivity index (χ2v) is 5.87. The molecule has 82 valence electrons. The number of hydrogen-bond acceptors (Lipinski definition) is 4. The highest BCUT2D eigenvalue weighted by Crippen LogP contribution is 2.27. The van der Waals surface area contributed by atoms with Gasteiger partial charge in [-0.3, -0.25) is 4.79 Å². The van der Waals surface area contributed by atoms with Gasteiger partial charge >= 0.3 is 0 Å². The fraction of sp³-hybridized carbons (Fsp3) is 0.0909. The Morgan fingerprint density at radius 1 is 1.56 bits per heavy atom. The molecular formula is C11H9NOS3. The number of carbonyl (C=O) groups excluding carboxylic acids is 1. The number of allylic oxidation sites excluding steroid dienone is 2. The van der Waals surface area contributed by atoms with E-state index in [1.54, 1.807) is 11.3 Å². The number of amides is 1. The molecular weight excluding hydrogens is 258 g/mol. The maximum Gasteiger partial charge on any atom is 0.263 e. The summed E-state index contributed by atoms with van der Waals surface area (Å²) in [5, 5.41) is 4.63. The number of thiophene rings is 1. The first-order valence-electron chi connectivity index (χ1n) is 4.62. The topological polar surface area (TPSA) is 29.1 Å². The van der Waals surface area contributed by atoms with E-state index in [1.165, 1.54) is 16.6 Å². The monoisotopic (exact) mass is 267 g/mol. The fourth-order valence-electron chi connectivity index (χ4n) is 1.24. The van der Waals surface area contributed by atoms with Gasteiger partial charge in [-0.15, -0.1) is 11.3 Å². The van der Waals surface area contributed by atoms with Crippen LogP contribution in [0.4, 0.5) is 0 Å². The maximum atomic E-state index is 11.5. The molecule has 0 bridgehead atoms. The lowest BCUT2D eigenvalue weighted by molar-refractivity contribution is -0.115. The van der Waals surface area contributed by atoms with E-state index in [-0.39, 0.29) is 5.91 Å². The SMILES string of the molecule is CC(C=Cc1cccs1)=C1SC(=S)NC1=O. The number of carbonyl (C=O) groups is 1. The van der Waals surface area contributed by atoms with E-state index in [0.29, 0.717) is 9.23 Å². The Morgan fingerprint density at radius 3 is 2.94 bits per heavy atom. The molecule has 1 saturated heterocycles. The average molecular weight is 267 g/mol. The van der Waals surface area contributed by atoms with E-state index < -0.39 is 0 Å². The first kappa shape index (κ1) is 11.6. The molecule has 0 aliphatic carbocycles. The van der Waals surface area contributed by atoms with Crippen LogP contribution in [0.25, 0.3) is 6.08 Å². The number of thiocarbonyl (C=S) groups is 1. The van der Waals surface area contributed by atoms with Gasteiger partial charge in [-0.25, -0.2) is 0 Å².